The maximum absolute atomic E-state index is 13.3. The zero-order valence-corrected chi connectivity index (χ0v) is 19.9. The summed E-state index contributed by atoms with van der Waals surface area (Å²) in [4.78, 5) is 35.0. The molecule has 3 atom stereocenters. The largest absolute Gasteiger partial charge is 0.494 e. The summed E-state index contributed by atoms with van der Waals surface area (Å²) in [5.41, 5.74) is 3.41. The summed E-state index contributed by atoms with van der Waals surface area (Å²) in [6.45, 7) is 6.40. The van der Waals surface area contributed by atoms with Crippen molar-refractivity contribution in [2.75, 3.05) is 31.6 Å². The number of likely N-dealkylation sites (N-methyl/N-ethyl adjacent to an activating group) is 1. The molecule has 9 heteroatoms. The molecule has 4 heterocycles. The molecular weight excluding hydrogens is 438 g/mol. The van der Waals surface area contributed by atoms with E-state index < -0.39 is 11.3 Å². The van der Waals surface area contributed by atoms with Crippen LogP contribution in [0.5, 0.6) is 5.75 Å². The molecule has 0 aliphatic carbocycles. The Kier molecular flexibility index (Phi) is 5.92. The molecule has 3 aliphatic heterocycles. The lowest BCUT2D eigenvalue weighted by Gasteiger charge is -2.35. The van der Waals surface area contributed by atoms with E-state index in [1.807, 2.05) is 38.1 Å². The van der Waals surface area contributed by atoms with Gasteiger partial charge in [0.2, 0.25) is 5.91 Å². The summed E-state index contributed by atoms with van der Waals surface area (Å²) < 4.78 is 5.60. The van der Waals surface area contributed by atoms with Crippen LogP contribution in [0.2, 0.25) is 0 Å². The highest BCUT2D eigenvalue weighted by Gasteiger charge is 2.47. The number of carbonyl (C=O) groups excluding carboxylic acids is 2. The lowest BCUT2D eigenvalue weighted by Crippen LogP contribution is -2.52. The number of ether oxygens (including phenoxy) is 1. The van der Waals surface area contributed by atoms with Gasteiger partial charge in [0, 0.05) is 24.3 Å². The number of hydrogen-bond acceptors (Lipinski definition) is 6. The molecule has 2 aromatic rings. The molecule has 3 amide bonds. The molecule has 0 spiro atoms. The highest BCUT2D eigenvalue weighted by atomic mass is 32.2. The van der Waals surface area contributed by atoms with E-state index in [9.17, 15) is 9.59 Å². The van der Waals surface area contributed by atoms with Gasteiger partial charge in [-0.2, -0.15) is 0 Å². The Balaban J connectivity index is 1.43. The minimum Gasteiger partial charge on any atom is -0.494 e. The van der Waals surface area contributed by atoms with Crippen LogP contribution in [-0.2, 0) is 4.79 Å². The van der Waals surface area contributed by atoms with Gasteiger partial charge in [0.15, 0.2) is 0 Å². The van der Waals surface area contributed by atoms with Crippen molar-refractivity contribution < 1.29 is 14.3 Å². The number of rotatable bonds is 5. The number of aryl methyl sites for hydroxylation is 1. The first kappa shape index (κ1) is 22.0. The number of thioether (sulfide) groups is 1. The standard InChI is InChI=1S/C24H29N5O3S/c1-4-32-16-7-8-17(14(2)12-16)29-18-9-10-25-23-19(18)20(27-24(29)31)21(33-23)22(30)26-15-6-5-11-28(3)13-15/h7-10,12,15,20-21H,4-6,11,13H2,1-3H3,(H,26,30)(H,27,31)/t15?,20?,21-/m1/s1. The van der Waals surface area contributed by atoms with Crippen molar-refractivity contribution in [3.63, 3.8) is 0 Å². The minimum absolute atomic E-state index is 0.0414. The topological polar surface area (TPSA) is 86.8 Å². The number of pyridine rings is 1. The van der Waals surface area contributed by atoms with E-state index in [-0.39, 0.29) is 18.0 Å². The Morgan fingerprint density at radius 3 is 2.94 bits per heavy atom. The van der Waals surface area contributed by atoms with E-state index in [4.69, 9.17) is 4.74 Å². The van der Waals surface area contributed by atoms with Crippen LogP contribution in [0.1, 0.15) is 36.9 Å². The maximum Gasteiger partial charge on any atom is 0.327 e. The predicted molar refractivity (Wildman–Crippen MR) is 128 cm³/mol. The van der Waals surface area contributed by atoms with E-state index in [2.05, 4.69) is 27.6 Å². The first-order valence-corrected chi connectivity index (χ1v) is 12.3. The van der Waals surface area contributed by atoms with Crippen molar-refractivity contribution >= 4 is 35.1 Å². The summed E-state index contributed by atoms with van der Waals surface area (Å²) in [6, 6.07) is 7.06. The Morgan fingerprint density at radius 2 is 2.18 bits per heavy atom. The first-order chi connectivity index (χ1) is 16.0. The average Bonchev–Trinajstić information content (AvgIpc) is 3.15. The molecule has 1 saturated heterocycles. The van der Waals surface area contributed by atoms with Crippen molar-refractivity contribution in [2.24, 2.45) is 0 Å². The normalized spacial score (nSPS) is 24.3. The highest BCUT2D eigenvalue weighted by molar-refractivity contribution is 8.01. The predicted octanol–water partition coefficient (Wildman–Crippen LogP) is 3.38. The van der Waals surface area contributed by atoms with E-state index in [1.165, 1.54) is 11.8 Å². The lowest BCUT2D eigenvalue weighted by atomic mass is 9.98. The molecule has 33 heavy (non-hydrogen) atoms. The van der Waals surface area contributed by atoms with Crippen LogP contribution in [0, 0.1) is 6.92 Å². The number of carbonyl (C=O) groups is 2. The Bertz CT molecular complexity index is 1090. The van der Waals surface area contributed by atoms with Crippen molar-refractivity contribution in [3.05, 3.63) is 41.6 Å². The van der Waals surface area contributed by atoms with E-state index in [1.54, 1.807) is 11.1 Å². The summed E-state index contributed by atoms with van der Waals surface area (Å²) in [6.07, 6.45) is 3.76. The fraction of sp³-hybridized carbons (Fsp3) is 0.458. The third-order valence-corrected chi connectivity index (χ3v) is 7.74. The van der Waals surface area contributed by atoms with Gasteiger partial charge in [-0.1, -0.05) is 11.8 Å². The second-order valence-corrected chi connectivity index (χ2v) is 9.97. The third kappa shape index (κ3) is 4.04. The molecule has 2 unspecified atom stereocenters. The van der Waals surface area contributed by atoms with Gasteiger partial charge >= 0.3 is 6.03 Å². The fourth-order valence-corrected chi connectivity index (χ4v) is 6.20. The molecule has 1 aromatic carbocycles. The molecule has 174 valence electrons. The SMILES string of the molecule is CCOc1ccc(N2C(=O)NC3c4c2ccnc4S[C@H]3C(=O)NC2CCCN(C)C2)c(C)c1. The third-order valence-electron chi connectivity index (χ3n) is 6.46. The smallest absolute Gasteiger partial charge is 0.327 e. The van der Waals surface area contributed by atoms with Gasteiger partial charge < -0.3 is 20.3 Å². The lowest BCUT2D eigenvalue weighted by molar-refractivity contribution is -0.122. The Hall–Kier alpha value is -2.78. The second kappa shape index (κ2) is 8.87. The number of piperidine rings is 1. The molecule has 2 N–H and O–H groups in total. The van der Waals surface area contributed by atoms with E-state index >= 15 is 0 Å². The number of hydrogen-bond donors (Lipinski definition) is 2. The number of benzene rings is 1. The number of anilines is 2. The van der Waals surface area contributed by atoms with Crippen LogP contribution in [0.3, 0.4) is 0 Å². The van der Waals surface area contributed by atoms with Gasteiger partial charge in [-0.3, -0.25) is 9.69 Å². The summed E-state index contributed by atoms with van der Waals surface area (Å²) in [5.74, 6) is 0.731. The number of likely N-dealkylation sites (tertiary alicyclic amines) is 1. The molecule has 8 nitrogen and oxygen atoms in total. The number of nitrogens with zero attached hydrogens (tertiary/aromatic N) is 3. The molecule has 5 rings (SSSR count). The quantitative estimate of drug-likeness (QED) is 0.701. The van der Waals surface area contributed by atoms with Crippen LogP contribution < -0.4 is 20.3 Å². The highest BCUT2D eigenvalue weighted by Crippen LogP contribution is 2.51. The van der Waals surface area contributed by atoms with Gasteiger partial charge in [-0.15, -0.1) is 0 Å². The van der Waals surface area contributed by atoms with Crippen LogP contribution in [0.15, 0.2) is 35.5 Å². The van der Waals surface area contributed by atoms with Crippen molar-refractivity contribution in [1.82, 2.24) is 20.5 Å². The van der Waals surface area contributed by atoms with Crippen molar-refractivity contribution in [3.8, 4) is 5.75 Å². The second-order valence-electron chi connectivity index (χ2n) is 8.84. The number of amides is 3. The maximum atomic E-state index is 13.3. The molecule has 1 fully saturated rings. The number of aromatic nitrogens is 1. The molecule has 0 bridgehead atoms. The summed E-state index contributed by atoms with van der Waals surface area (Å²) >= 11 is 1.43. The molecule has 1 aromatic heterocycles. The van der Waals surface area contributed by atoms with Gasteiger partial charge in [0.05, 0.1) is 24.0 Å². The molecule has 3 aliphatic rings. The van der Waals surface area contributed by atoms with Gasteiger partial charge in [-0.25, -0.2) is 9.78 Å². The summed E-state index contributed by atoms with van der Waals surface area (Å²) in [7, 11) is 2.08. The molecular formula is C24H29N5O3S. The van der Waals surface area contributed by atoms with Crippen LogP contribution in [-0.4, -0.2) is 59.9 Å². The van der Waals surface area contributed by atoms with Crippen molar-refractivity contribution in [2.45, 2.75) is 49.0 Å². The van der Waals surface area contributed by atoms with Crippen molar-refractivity contribution in [1.29, 1.82) is 0 Å². The number of nitrogens with one attached hydrogen (secondary N) is 2. The summed E-state index contributed by atoms with van der Waals surface area (Å²) in [5, 5.41) is 6.66. The zero-order chi connectivity index (χ0) is 23.1. The first-order valence-electron chi connectivity index (χ1n) is 11.4. The van der Waals surface area contributed by atoms with E-state index in [0.717, 1.165) is 59.2 Å². The monoisotopic (exact) mass is 467 g/mol. The van der Waals surface area contributed by atoms with Gasteiger partial charge in [0.1, 0.15) is 16.0 Å². The van der Waals surface area contributed by atoms with Gasteiger partial charge in [0.25, 0.3) is 0 Å². The minimum atomic E-state index is -0.437. The van der Waals surface area contributed by atoms with Crippen LogP contribution >= 0.6 is 11.8 Å². The number of urea groups is 1. The van der Waals surface area contributed by atoms with Crippen LogP contribution in [0.4, 0.5) is 16.2 Å². The average molecular weight is 468 g/mol. The Labute approximate surface area is 198 Å². The Morgan fingerprint density at radius 1 is 1.33 bits per heavy atom. The molecule has 0 saturated carbocycles. The van der Waals surface area contributed by atoms with E-state index in [0.29, 0.717) is 6.61 Å². The van der Waals surface area contributed by atoms with Crippen LogP contribution in [0.25, 0.3) is 0 Å². The zero-order valence-electron chi connectivity index (χ0n) is 19.1. The van der Waals surface area contributed by atoms with Gasteiger partial charge in [-0.05, 0) is 70.1 Å². The fourth-order valence-electron chi connectivity index (χ4n) is 4.97. The molecule has 0 radical (unpaired) electrons.